The Kier molecular flexibility index (Phi) is 27.0. The summed E-state index contributed by atoms with van der Waals surface area (Å²) in [7, 11) is 3.87. The average molecular weight is 1200 g/mol. The summed E-state index contributed by atoms with van der Waals surface area (Å²) in [5.74, 6) is 3.93. The summed E-state index contributed by atoms with van der Waals surface area (Å²) in [6.45, 7) is 36.2. The van der Waals surface area contributed by atoms with Gasteiger partial charge in [0, 0.05) is 75.6 Å². The molecule has 472 valence electrons. The largest absolute Gasteiger partial charge is 0.276 e. The minimum atomic E-state index is 0.530. The molecule has 1 aliphatic carbocycles. The van der Waals surface area contributed by atoms with Crippen LogP contribution >= 0.6 is 0 Å². The highest BCUT2D eigenvalue weighted by molar-refractivity contribution is 5.36. The molecular formula is C73H100N16. The van der Waals surface area contributed by atoms with E-state index in [1.165, 1.54) is 68.6 Å². The van der Waals surface area contributed by atoms with Crippen LogP contribution in [0.1, 0.15) is 219 Å². The van der Waals surface area contributed by atoms with Crippen LogP contribution in [0.25, 0.3) is 11.4 Å². The highest BCUT2D eigenvalue weighted by Gasteiger charge is 2.24. The number of rotatable bonds is 14. The predicted octanol–water partition coefficient (Wildman–Crippen LogP) is 16.9. The fraction of sp³-hybridized carbons (Fsp3) is 0.411. The van der Waals surface area contributed by atoms with Crippen molar-refractivity contribution in [1.29, 1.82) is 0 Å². The van der Waals surface area contributed by atoms with E-state index >= 15 is 0 Å². The van der Waals surface area contributed by atoms with Crippen molar-refractivity contribution in [3.05, 3.63) is 246 Å². The van der Waals surface area contributed by atoms with Crippen molar-refractivity contribution in [2.45, 2.75) is 184 Å². The Morgan fingerprint density at radius 1 is 0.404 bits per heavy atom. The Hall–Kier alpha value is -8.79. The third-order valence-electron chi connectivity index (χ3n) is 15.0. The van der Waals surface area contributed by atoms with E-state index in [4.69, 9.17) is 0 Å². The normalized spacial score (nSPS) is 11.7. The Balaban J connectivity index is 0.000000167. The SMILES string of the molecule is CC(C)c1cnn(C)c1.CC(C)c1cnn(C)c1.CC(C)c1cnn(C2CC2)c1.CC(C)c1cnn(Cc2ccccn2)c1.CC(C)c1cnn(Cc2cccnc2)c1.Cc1c(C(C)C)cnn1-c1ccccc1.Cc1ccc(-n2cc(C(C)C)cn2)cc1. The maximum atomic E-state index is 4.42. The standard InChI is InChI=1S/2C13H16N2.2C12H15N3.C9H14N2.2C7H12N2/c1-10(2)12-8-14-15(9-12)13-6-4-11(3)5-7-13;1-10(2)13-9-14-15(11(13)3)12-7-5-4-6-8-12;1-10(2)12-7-14-15(9-12)8-11-4-3-5-13-6-11;1-10(2)11-7-14-15(8-11)9-12-5-3-4-6-13-12;1-7(2)8-5-10-11(6-8)9-3-4-9;2*1-6(2)7-4-8-9(3)5-7/h2*4-10H,1-3H3;3-7,9-10H,8H2,1-2H3;3-8,10H,9H2,1-2H3;5-7,9H,3-4H2,1-2H3;2*4-6H,1-3H3. The molecule has 0 unspecified atom stereocenters. The van der Waals surface area contributed by atoms with Gasteiger partial charge in [-0.05, 0) is 155 Å². The van der Waals surface area contributed by atoms with E-state index in [1.54, 1.807) is 6.20 Å². The summed E-state index contributed by atoms with van der Waals surface area (Å²) >= 11 is 0. The Morgan fingerprint density at radius 3 is 1.33 bits per heavy atom. The zero-order valence-electron chi connectivity index (χ0n) is 56.4. The van der Waals surface area contributed by atoms with E-state index in [9.17, 15) is 0 Å². The zero-order valence-corrected chi connectivity index (χ0v) is 56.4. The van der Waals surface area contributed by atoms with Crippen molar-refractivity contribution in [2.24, 2.45) is 14.1 Å². The van der Waals surface area contributed by atoms with E-state index in [1.807, 2.05) is 153 Å². The van der Waals surface area contributed by atoms with Gasteiger partial charge in [0.15, 0.2) is 0 Å². The number of para-hydroxylation sites is 1. The molecule has 12 rings (SSSR count). The predicted molar refractivity (Wildman–Crippen MR) is 363 cm³/mol. The highest BCUT2D eigenvalue weighted by Crippen LogP contribution is 2.34. The van der Waals surface area contributed by atoms with E-state index in [0.29, 0.717) is 41.4 Å². The summed E-state index contributed by atoms with van der Waals surface area (Å²) in [6.07, 6.45) is 34.2. The molecule has 0 saturated heterocycles. The molecule has 0 spiro atoms. The Morgan fingerprint density at radius 2 is 0.899 bits per heavy atom. The van der Waals surface area contributed by atoms with Gasteiger partial charge < -0.3 is 0 Å². The quantitative estimate of drug-likeness (QED) is 0.104. The third-order valence-corrected chi connectivity index (χ3v) is 15.0. The first-order chi connectivity index (χ1) is 42.5. The van der Waals surface area contributed by atoms with Crippen LogP contribution in [0.15, 0.2) is 184 Å². The fourth-order valence-corrected chi connectivity index (χ4v) is 8.82. The number of benzene rings is 2. The molecule has 1 saturated carbocycles. The Labute approximate surface area is 531 Å². The maximum Gasteiger partial charge on any atom is 0.0831 e. The number of pyridine rings is 2. The lowest BCUT2D eigenvalue weighted by molar-refractivity contribution is 0.640. The average Bonchev–Trinajstić information content (AvgIpc) is 3.77. The summed E-state index contributed by atoms with van der Waals surface area (Å²) in [4.78, 5) is 8.35. The van der Waals surface area contributed by atoms with Crippen LogP contribution in [-0.2, 0) is 27.2 Å². The van der Waals surface area contributed by atoms with Gasteiger partial charge >= 0.3 is 0 Å². The molecule has 1 aliphatic rings. The van der Waals surface area contributed by atoms with Crippen LogP contribution in [0.3, 0.4) is 0 Å². The van der Waals surface area contributed by atoms with Gasteiger partial charge in [0.1, 0.15) is 0 Å². The van der Waals surface area contributed by atoms with Crippen LogP contribution in [-0.4, -0.2) is 78.4 Å². The molecule has 9 aromatic heterocycles. The second-order valence-electron chi connectivity index (χ2n) is 25.1. The first-order valence-corrected chi connectivity index (χ1v) is 31.6. The van der Waals surface area contributed by atoms with Crippen LogP contribution in [0.2, 0.25) is 0 Å². The molecule has 0 radical (unpaired) electrons. The summed E-state index contributed by atoms with van der Waals surface area (Å²) < 4.78 is 13.6. The van der Waals surface area contributed by atoms with Crippen LogP contribution in [0.5, 0.6) is 0 Å². The summed E-state index contributed by atoms with van der Waals surface area (Å²) in [5, 5.41) is 29.8. The van der Waals surface area contributed by atoms with E-state index < -0.39 is 0 Å². The molecule has 89 heavy (non-hydrogen) atoms. The van der Waals surface area contributed by atoms with Gasteiger partial charge in [-0.1, -0.05) is 145 Å². The molecule has 16 heteroatoms. The molecule has 9 heterocycles. The minimum absolute atomic E-state index is 0.530. The van der Waals surface area contributed by atoms with Crippen molar-refractivity contribution >= 4 is 0 Å². The van der Waals surface area contributed by atoms with E-state index in [-0.39, 0.29) is 0 Å². The van der Waals surface area contributed by atoms with Gasteiger partial charge in [-0.25, -0.2) is 9.36 Å². The van der Waals surface area contributed by atoms with Crippen LogP contribution in [0, 0.1) is 13.8 Å². The molecule has 0 bridgehead atoms. The zero-order chi connectivity index (χ0) is 64.6. The maximum absolute atomic E-state index is 4.42. The number of hydrogen-bond donors (Lipinski definition) is 0. The van der Waals surface area contributed by atoms with Crippen LogP contribution < -0.4 is 0 Å². The molecule has 2 aromatic carbocycles. The van der Waals surface area contributed by atoms with Gasteiger partial charge in [-0.2, -0.15) is 35.7 Å². The van der Waals surface area contributed by atoms with Crippen LogP contribution in [0.4, 0.5) is 0 Å². The molecule has 0 N–H and O–H groups in total. The van der Waals surface area contributed by atoms with Crippen molar-refractivity contribution in [1.82, 2.24) is 78.4 Å². The number of nitrogens with zero attached hydrogens (tertiary/aromatic N) is 16. The third kappa shape index (κ3) is 23.0. The smallest absolute Gasteiger partial charge is 0.0831 e. The van der Waals surface area contributed by atoms with Gasteiger partial charge in [0.2, 0.25) is 0 Å². The van der Waals surface area contributed by atoms with E-state index in [2.05, 4.69) is 228 Å². The topological polar surface area (TPSA) is 151 Å². The molecule has 11 aromatic rings. The van der Waals surface area contributed by atoms with Crippen molar-refractivity contribution < 1.29 is 0 Å². The molecule has 0 atom stereocenters. The lowest BCUT2D eigenvalue weighted by Gasteiger charge is -2.06. The number of aromatic nitrogens is 16. The molecule has 0 amide bonds. The molecule has 0 aliphatic heterocycles. The monoisotopic (exact) mass is 1200 g/mol. The van der Waals surface area contributed by atoms with Crippen molar-refractivity contribution in [2.75, 3.05) is 0 Å². The lowest BCUT2D eigenvalue weighted by atomic mass is 10.1. The van der Waals surface area contributed by atoms with Gasteiger partial charge in [0.25, 0.3) is 0 Å². The fourth-order valence-electron chi connectivity index (χ4n) is 8.82. The summed E-state index contributed by atoms with van der Waals surface area (Å²) in [5.41, 5.74) is 16.1. The van der Waals surface area contributed by atoms with Gasteiger partial charge in [-0.3, -0.25) is 33.4 Å². The first-order valence-electron chi connectivity index (χ1n) is 31.6. The summed E-state index contributed by atoms with van der Waals surface area (Å²) in [6, 6.07) is 29.3. The lowest BCUT2D eigenvalue weighted by Crippen LogP contribution is -2.01. The molecule has 1 fully saturated rings. The first kappa shape index (κ1) is 69.3. The van der Waals surface area contributed by atoms with E-state index in [0.717, 1.165) is 36.2 Å². The van der Waals surface area contributed by atoms with Gasteiger partial charge in [0.05, 0.1) is 79.6 Å². The van der Waals surface area contributed by atoms with Gasteiger partial charge in [-0.15, -0.1) is 0 Å². The molecule has 16 nitrogen and oxygen atoms in total. The van der Waals surface area contributed by atoms with Crippen molar-refractivity contribution in [3.63, 3.8) is 0 Å². The molecular weight excluding hydrogens is 1100 g/mol. The van der Waals surface area contributed by atoms with Crippen molar-refractivity contribution in [3.8, 4) is 11.4 Å². The minimum Gasteiger partial charge on any atom is -0.276 e. The second kappa shape index (κ2) is 34.7. The number of aryl methyl sites for hydroxylation is 3. The number of hydrogen-bond acceptors (Lipinski definition) is 9. The Bertz CT molecular complexity index is 3530. The highest BCUT2D eigenvalue weighted by atomic mass is 15.3. The second-order valence-corrected chi connectivity index (χ2v) is 25.1.